The first-order valence-electron chi connectivity index (χ1n) is 20.7. The average molecular weight is 788 g/mol. The normalized spacial score (nSPS) is 14.3. The molecule has 0 aromatic rings. The Balaban J connectivity index is 4.35. The third-order valence-electron chi connectivity index (χ3n) is 7.95. The molecule has 0 fully saturated rings. The van der Waals surface area contributed by atoms with Crippen LogP contribution in [0, 0.1) is 0 Å². The predicted molar refractivity (Wildman–Crippen MR) is 228 cm³/mol. The molecule has 0 bridgehead atoms. The highest BCUT2D eigenvalue weighted by Gasteiger charge is 2.25. The molecule has 0 saturated carbocycles. The Bertz CT molecular complexity index is 1220. The molecule has 0 aliphatic heterocycles. The predicted octanol–water partition coefficient (Wildman–Crippen LogP) is 11.8. The van der Waals surface area contributed by atoms with E-state index in [4.69, 9.17) is 24.3 Å². The molecule has 312 valence electrons. The standard InChI is InChI=1S/C45H74NO8P/c1-3-5-7-9-11-13-15-17-19-21-23-25-27-29-31-33-35-37-44(47)51-41-43(42-53-55(49,50)52-40-39-46)54-45(48)38-36-34-32-30-28-26-24-22-20-18-16-14-12-10-8-6-4-2/h5,7,11-14,17-20,23-26,29,31,43H,3-4,6,8-10,15-16,21-22,27-28,30,32-42,46H2,1-2H3,(H,49,50). The quantitative estimate of drug-likeness (QED) is 0.0273. The Morgan fingerprint density at radius 1 is 0.564 bits per heavy atom. The average Bonchev–Trinajstić information content (AvgIpc) is 3.17. The van der Waals surface area contributed by atoms with Crippen molar-refractivity contribution in [1.82, 2.24) is 0 Å². The van der Waals surface area contributed by atoms with Crippen LogP contribution in [-0.2, 0) is 32.7 Å². The van der Waals surface area contributed by atoms with Gasteiger partial charge in [0.1, 0.15) is 6.61 Å². The molecule has 0 radical (unpaired) electrons. The van der Waals surface area contributed by atoms with Crippen molar-refractivity contribution in [2.45, 2.75) is 148 Å². The van der Waals surface area contributed by atoms with Gasteiger partial charge in [-0.3, -0.25) is 18.6 Å². The first-order valence-corrected chi connectivity index (χ1v) is 22.2. The lowest BCUT2D eigenvalue weighted by Gasteiger charge is -2.19. The van der Waals surface area contributed by atoms with Crippen LogP contribution in [0.4, 0.5) is 0 Å². The minimum Gasteiger partial charge on any atom is -0.462 e. The van der Waals surface area contributed by atoms with Crippen molar-refractivity contribution in [3.05, 3.63) is 97.2 Å². The monoisotopic (exact) mass is 788 g/mol. The highest BCUT2D eigenvalue weighted by atomic mass is 31.2. The van der Waals surface area contributed by atoms with Crippen molar-refractivity contribution in [2.24, 2.45) is 5.73 Å². The lowest BCUT2D eigenvalue weighted by molar-refractivity contribution is -0.161. The van der Waals surface area contributed by atoms with Crippen LogP contribution in [0.3, 0.4) is 0 Å². The molecule has 2 unspecified atom stereocenters. The summed E-state index contributed by atoms with van der Waals surface area (Å²) in [7, 11) is -4.40. The topological polar surface area (TPSA) is 134 Å². The van der Waals surface area contributed by atoms with Crippen LogP contribution in [0.1, 0.15) is 142 Å². The Labute approximate surface area is 334 Å². The van der Waals surface area contributed by atoms with Crippen LogP contribution >= 0.6 is 7.82 Å². The number of hydrogen-bond acceptors (Lipinski definition) is 8. The number of allylic oxidation sites excluding steroid dienone is 16. The van der Waals surface area contributed by atoms with Crippen LogP contribution in [0.2, 0.25) is 0 Å². The van der Waals surface area contributed by atoms with E-state index in [1.165, 1.54) is 25.7 Å². The third-order valence-corrected chi connectivity index (χ3v) is 8.94. The van der Waals surface area contributed by atoms with Gasteiger partial charge in [0.15, 0.2) is 6.10 Å². The summed E-state index contributed by atoms with van der Waals surface area (Å²) in [6, 6.07) is 0. The number of nitrogens with two attached hydrogens (primary N) is 1. The van der Waals surface area contributed by atoms with E-state index in [0.29, 0.717) is 12.8 Å². The van der Waals surface area contributed by atoms with Crippen molar-refractivity contribution >= 4 is 19.8 Å². The molecule has 0 amide bonds. The minimum atomic E-state index is -4.40. The molecule has 0 aromatic carbocycles. The number of unbranched alkanes of at least 4 members (excludes halogenated alkanes) is 8. The first-order chi connectivity index (χ1) is 26.8. The van der Waals surface area contributed by atoms with E-state index in [0.717, 1.165) is 77.0 Å². The fourth-order valence-corrected chi connectivity index (χ4v) is 5.67. The maximum absolute atomic E-state index is 12.6. The maximum Gasteiger partial charge on any atom is 0.472 e. The van der Waals surface area contributed by atoms with Crippen LogP contribution in [-0.4, -0.2) is 49.3 Å². The van der Waals surface area contributed by atoms with Gasteiger partial charge in [0.25, 0.3) is 0 Å². The summed E-state index contributed by atoms with van der Waals surface area (Å²) in [6.45, 7) is 3.47. The molecule has 55 heavy (non-hydrogen) atoms. The summed E-state index contributed by atoms with van der Waals surface area (Å²) in [5, 5.41) is 0. The van der Waals surface area contributed by atoms with Crippen LogP contribution < -0.4 is 5.73 Å². The van der Waals surface area contributed by atoms with E-state index < -0.39 is 32.5 Å². The second-order valence-corrected chi connectivity index (χ2v) is 14.6. The van der Waals surface area contributed by atoms with Gasteiger partial charge in [0.05, 0.1) is 13.2 Å². The zero-order valence-electron chi connectivity index (χ0n) is 34.1. The second kappa shape index (κ2) is 40.6. The van der Waals surface area contributed by atoms with E-state index in [1.807, 2.05) is 6.08 Å². The number of carbonyl (C=O) groups excluding carboxylic acids is 2. The van der Waals surface area contributed by atoms with Crippen LogP contribution in [0.5, 0.6) is 0 Å². The molecule has 0 spiro atoms. The second-order valence-electron chi connectivity index (χ2n) is 13.1. The van der Waals surface area contributed by atoms with Gasteiger partial charge in [-0.15, -0.1) is 0 Å². The van der Waals surface area contributed by atoms with Crippen molar-refractivity contribution in [1.29, 1.82) is 0 Å². The van der Waals surface area contributed by atoms with Gasteiger partial charge in [-0.2, -0.15) is 0 Å². The molecule has 9 nitrogen and oxygen atoms in total. The van der Waals surface area contributed by atoms with Gasteiger partial charge in [0.2, 0.25) is 0 Å². The molecule has 2 atom stereocenters. The summed E-state index contributed by atoms with van der Waals surface area (Å²) in [4.78, 5) is 34.8. The molecule has 3 N–H and O–H groups in total. The zero-order chi connectivity index (χ0) is 40.3. The maximum atomic E-state index is 12.6. The van der Waals surface area contributed by atoms with E-state index >= 15 is 0 Å². The van der Waals surface area contributed by atoms with E-state index in [1.54, 1.807) is 0 Å². The molecule has 0 saturated heterocycles. The highest BCUT2D eigenvalue weighted by Crippen LogP contribution is 2.43. The molecule has 0 aliphatic carbocycles. The molecule has 0 aliphatic rings. The fourth-order valence-electron chi connectivity index (χ4n) is 4.91. The van der Waals surface area contributed by atoms with Gasteiger partial charge in [-0.25, -0.2) is 4.57 Å². The highest BCUT2D eigenvalue weighted by molar-refractivity contribution is 7.47. The summed E-state index contributed by atoms with van der Waals surface area (Å²) < 4.78 is 32.7. The number of phosphoric ester groups is 1. The van der Waals surface area contributed by atoms with Crippen molar-refractivity contribution < 1.29 is 37.6 Å². The van der Waals surface area contributed by atoms with E-state index in [2.05, 4.69) is 105 Å². The number of phosphoric acid groups is 1. The molecular weight excluding hydrogens is 713 g/mol. The molecule has 0 heterocycles. The lowest BCUT2D eigenvalue weighted by Crippen LogP contribution is -2.29. The smallest absolute Gasteiger partial charge is 0.462 e. The first kappa shape index (κ1) is 51.9. The van der Waals surface area contributed by atoms with Gasteiger partial charge >= 0.3 is 19.8 Å². The molecule has 0 rings (SSSR count). The molecule has 10 heteroatoms. The molecule has 0 aromatic heterocycles. The fraction of sp³-hybridized carbons (Fsp3) is 0.600. The van der Waals surface area contributed by atoms with E-state index in [9.17, 15) is 19.0 Å². The van der Waals surface area contributed by atoms with Gasteiger partial charge < -0.3 is 20.1 Å². The number of hydrogen-bond donors (Lipinski definition) is 2. The SMILES string of the molecule is CCC=CCC=CCC=CCC=CCC=CCCCC(=O)OCC(COP(=O)(O)OCCN)OC(=O)CCCCCCC=CCC=CCC=CCCCCC. The summed E-state index contributed by atoms with van der Waals surface area (Å²) in [5.74, 6) is -0.934. The lowest BCUT2D eigenvalue weighted by atomic mass is 10.1. The minimum absolute atomic E-state index is 0.0363. The summed E-state index contributed by atoms with van der Waals surface area (Å²) >= 11 is 0. The van der Waals surface area contributed by atoms with Crippen LogP contribution in [0.15, 0.2) is 97.2 Å². The number of ether oxygens (including phenoxy) is 2. The number of rotatable bonds is 37. The molecular formula is C45H74NO8P. The third kappa shape index (κ3) is 40.4. The van der Waals surface area contributed by atoms with Gasteiger partial charge in [0, 0.05) is 19.4 Å². The Hall–Kier alpha value is -3.07. The van der Waals surface area contributed by atoms with Crippen molar-refractivity contribution in [3.63, 3.8) is 0 Å². The number of carbonyl (C=O) groups is 2. The van der Waals surface area contributed by atoms with Gasteiger partial charge in [-0.1, -0.05) is 137 Å². The largest absolute Gasteiger partial charge is 0.472 e. The summed E-state index contributed by atoms with van der Waals surface area (Å²) in [6.07, 6.45) is 51.5. The Kier molecular flexibility index (Phi) is 38.3. The van der Waals surface area contributed by atoms with E-state index in [-0.39, 0.29) is 32.6 Å². The van der Waals surface area contributed by atoms with Crippen molar-refractivity contribution in [2.75, 3.05) is 26.4 Å². The Morgan fingerprint density at radius 3 is 1.53 bits per heavy atom. The van der Waals surface area contributed by atoms with Crippen molar-refractivity contribution in [3.8, 4) is 0 Å². The summed E-state index contributed by atoms with van der Waals surface area (Å²) in [5.41, 5.74) is 5.34. The van der Waals surface area contributed by atoms with Gasteiger partial charge in [-0.05, 0) is 89.9 Å². The number of esters is 2. The Morgan fingerprint density at radius 2 is 1.02 bits per heavy atom. The zero-order valence-corrected chi connectivity index (χ0v) is 35.0. The van der Waals surface area contributed by atoms with Crippen LogP contribution in [0.25, 0.3) is 0 Å².